The lowest BCUT2D eigenvalue weighted by molar-refractivity contribution is 0.246. The zero-order valence-electron chi connectivity index (χ0n) is 11.1. The Labute approximate surface area is 117 Å². The highest BCUT2D eigenvalue weighted by atomic mass is 79.9. The maximum absolute atomic E-state index is 6.08. The third-order valence-electron chi connectivity index (χ3n) is 3.33. The molecule has 2 nitrogen and oxygen atoms in total. The lowest BCUT2D eigenvalue weighted by Crippen LogP contribution is -2.32. The molecule has 0 aliphatic carbocycles. The summed E-state index contributed by atoms with van der Waals surface area (Å²) in [6.45, 7) is 7.67. The fourth-order valence-corrected chi connectivity index (χ4v) is 3.21. The van der Waals surface area contributed by atoms with Crippen LogP contribution in [-0.2, 0) is 0 Å². The molecule has 0 aliphatic heterocycles. The van der Waals surface area contributed by atoms with Crippen molar-refractivity contribution in [2.24, 2.45) is 11.7 Å². The maximum atomic E-state index is 6.08. The molecular weight excluding hydrogens is 296 g/mol. The van der Waals surface area contributed by atoms with Gasteiger partial charge in [-0.25, -0.2) is 0 Å². The minimum atomic E-state index is 0.305. The van der Waals surface area contributed by atoms with E-state index in [0.29, 0.717) is 18.0 Å². The highest BCUT2D eigenvalue weighted by Gasteiger charge is 2.15. The second kappa shape index (κ2) is 6.88. The predicted octanol–water partition coefficient (Wildman–Crippen LogP) is 3.88. The number of rotatable bonds is 6. The van der Waals surface area contributed by atoms with Gasteiger partial charge in [0.05, 0.1) is 0 Å². The summed E-state index contributed by atoms with van der Waals surface area (Å²) in [7, 11) is 2.17. The van der Waals surface area contributed by atoms with Crippen LogP contribution in [0.3, 0.4) is 0 Å². The van der Waals surface area contributed by atoms with E-state index in [1.165, 1.54) is 9.35 Å². The number of nitrogens with zero attached hydrogens (tertiary/aromatic N) is 1. The smallest absolute Gasteiger partial charge is 0.0410 e. The Balaban J connectivity index is 2.45. The summed E-state index contributed by atoms with van der Waals surface area (Å²) >= 11 is 5.31. The summed E-state index contributed by atoms with van der Waals surface area (Å²) in [4.78, 5) is 3.78. The second-order valence-corrected chi connectivity index (χ2v) is 6.88. The van der Waals surface area contributed by atoms with E-state index < -0.39 is 0 Å². The third kappa shape index (κ3) is 4.70. The highest BCUT2D eigenvalue weighted by molar-refractivity contribution is 9.10. The minimum absolute atomic E-state index is 0.305. The molecule has 2 unspecified atom stereocenters. The largest absolute Gasteiger partial charge is 0.327 e. The zero-order valence-corrected chi connectivity index (χ0v) is 13.5. The number of hydrogen-bond acceptors (Lipinski definition) is 3. The van der Waals surface area contributed by atoms with E-state index in [2.05, 4.69) is 60.1 Å². The van der Waals surface area contributed by atoms with Crippen molar-refractivity contribution in [3.63, 3.8) is 0 Å². The van der Waals surface area contributed by atoms with E-state index in [-0.39, 0.29) is 0 Å². The minimum Gasteiger partial charge on any atom is -0.327 e. The van der Waals surface area contributed by atoms with Crippen molar-refractivity contribution in [2.75, 3.05) is 13.6 Å². The van der Waals surface area contributed by atoms with Crippen LogP contribution in [0.2, 0.25) is 0 Å². The quantitative estimate of drug-likeness (QED) is 0.862. The Bertz CT molecular complexity index is 338. The van der Waals surface area contributed by atoms with Gasteiger partial charge in [-0.1, -0.05) is 13.8 Å². The molecule has 0 bridgehead atoms. The van der Waals surface area contributed by atoms with Crippen LogP contribution in [0.1, 0.15) is 38.1 Å². The molecule has 0 saturated heterocycles. The van der Waals surface area contributed by atoms with Crippen molar-refractivity contribution in [1.29, 1.82) is 0 Å². The van der Waals surface area contributed by atoms with Crippen LogP contribution in [-0.4, -0.2) is 24.5 Å². The Hall–Kier alpha value is 0.1000. The van der Waals surface area contributed by atoms with Gasteiger partial charge in [0.15, 0.2) is 0 Å². The SMILES string of the molecule is CC(C)C(N)CCN(C)C(C)c1cc(Br)cs1. The van der Waals surface area contributed by atoms with Crippen molar-refractivity contribution in [1.82, 2.24) is 4.90 Å². The van der Waals surface area contributed by atoms with Crippen LogP contribution >= 0.6 is 27.3 Å². The van der Waals surface area contributed by atoms with Crippen LogP contribution in [0.4, 0.5) is 0 Å². The predicted molar refractivity (Wildman–Crippen MR) is 80.5 cm³/mol. The van der Waals surface area contributed by atoms with Gasteiger partial charge in [-0.3, -0.25) is 4.90 Å². The molecule has 0 radical (unpaired) electrons. The van der Waals surface area contributed by atoms with E-state index in [4.69, 9.17) is 5.73 Å². The molecule has 0 aliphatic rings. The van der Waals surface area contributed by atoms with Gasteiger partial charge in [0, 0.05) is 26.8 Å². The molecule has 17 heavy (non-hydrogen) atoms. The summed E-state index contributed by atoms with van der Waals surface area (Å²) in [5.74, 6) is 0.564. The lowest BCUT2D eigenvalue weighted by atomic mass is 10.0. The molecule has 98 valence electrons. The zero-order chi connectivity index (χ0) is 13.0. The average Bonchev–Trinajstić information content (AvgIpc) is 2.70. The lowest BCUT2D eigenvalue weighted by Gasteiger charge is -2.26. The van der Waals surface area contributed by atoms with Crippen molar-refractivity contribution in [2.45, 2.75) is 39.3 Å². The van der Waals surface area contributed by atoms with Crippen LogP contribution in [0.15, 0.2) is 15.9 Å². The fraction of sp³-hybridized carbons (Fsp3) is 0.692. The average molecular weight is 319 g/mol. The molecule has 0 spiro atoms. The summed E-state index contributed by atoms with van der Waals surface area (Å²) in [6.07, 6.45) is 1.06. The van der Waals surface area contributed by atoms with Crippen LogP contribution in [0.5, 0.6) is 0 Å². The van der Waals surface area contributed by atoms with Gasteiger partial charge in [0.2, 0.25) is 0 Å². The topological polar surface area (TPSA) is 29.3 Å². The number of hydrogen-bond donors (Lipinski definition) is 1. The third-order valence-corrected chi connectivity index (χ3v) is 5.20. The molecule has 0 fully saturated rings. The first-order valence-corrected chi connectivity index (χ1v) is 7.78. The number of nitrogens with two attached hydrogens (primary N) is 1. The van der Waals surface area contributed by atoms with Gasteiger partial charge in [-0.15, -0.1) is 11.3 Å². The van der Waals surface area contributed by atoms with Crippen molar-refractivity contribution in [3.05, 3.63) is 20.8 Å². The van der Waals surface area contributed by atoms with E-state index in [9.17, 15) is 0 Å². The van der Waals surface area contributed by atoms with E-state index in [1.807, 2.05) is 0 Å². The van der Waals surface area contributed by atoms with Gasteiger partial charge in [0.1, 0.15) is 0 Å². The summed E-state index contributed by atoms with van der Waals surface area (Å²) < 4.78 is 1.18. The summed E-state index contributed by atoms with van der Waals surface area (Å²) in [6, 6.07) is 2.97. The molecule has 4 heteroatoms. The van der Waals surface area contributed by atoms with Crippen LogP contribution < -0.4 is 5.73 Å². The Kier molecular flexibility index (Phi) is 6.13. The molecule has 1 heterocycles. The second-order valence-electron chi connectivity index (χ2n) is 5.02. The molecule has 2 N–H and O–H groups in total. The molecule has 1 aromatic heterocycles. The molecule has 0 amide bonds. The standard InChI is InChI=1S/C13H23BrN2S/c1-9(2)12(15)5-6-16(4)10(3)13-7-11(14)8-17-13/h7-10,12H,5-6,15H2,1-4H3. The molecule has 1 rings (SSSR count). The van der Waals surface area contributed by atoms with Gasteiger partial charge in [-0.2, -0.15) is 0 Å². The summed E-state index contributed by atoms with van der Waals surface area (Å²) in [5.41, 5.74) is 6.08. The Morgan fingerprint density at radius 3 is 2.53 bits per heavy atom. The van der Waals surface area contributed by atoms with Crippen molar-refractivity contribution in [3.8, 4) is 0 Å². The fourth-order valence-electron chi connectivity index (χ4n) is 1.64. The van der Waals surface area contributed by atoms with E-state index in [1.54, 1.807) is 11.3 Å². The van der Waals surface area contributed by atoms with Gasteiger partial charge in [-0.05, 0) is 54.9 Å². The van der Waals surface area contributed by atoms with E-state index >= 15 is 0 Å². The Morgan fingerprint density at radius 1 is 1.41 bits per heavy atom. The van der Waals surface area contributed by atoms with E-state index in [0.717, 1.165) is 13.0 Å². The Morgan fingerprint density at radius 2 is 2.06 bits per heavy atom. The molecule has 0 saturated carbocycles. The van der Waals surface area contributed by atoms with Gasteiger partial charge >= 0.3 is 0 Å². The molecule has 2 atom stereocenters. The highest BCUT2D eigenvalue weighted by Crippen LogP contribution is 2.28. The number of thiophene rings is 1. The van der Waals surface area contributed by atoms with Crippen molar-refractivity contribution >= 4 is 27.3 Å². The van der Waals surface area contributed by atoms with Crippen LogP contribution in [0.25, 0.3) is 0 Å². The summed E-state index contributed by atoms with van der Waals surface area (Å²) in [5, 5.41) is 2.14. The number of halogens is 1. The first kappa shape index (κ1) is 15.2. The first-order chi connectivity index (χ1) is 7.91. The van der Waals surface area contributed by atoms with Crippen LogP contribution in [0, 0.1) is 5.92 Å². The normalized spacial score (nSPS) is 15.5. The monoisotopic (exact) mass is 318 g/mol. The molecule has 0 aromatic carbocycles. The molecule has 1 aromatic rings. The van der Waals surface area contributed by atoms with Crippen molar-refractivity contribution < 1.29 is 0 Å². The molecular formula is C13H23BrN2S. The maximum Gasteiger partial charge on any atom is 0.0410 e. The first-order valence-electron chi connectivity index (χ1n) is 6.11. The van der Waals surface area contributed by atoms with Gasteiger partial charge in [0.25, 0.3) is 0 Å². The van der Waals surface area contributed by atoms with Gasteiger partial charge < -0.3 is 5.73 Å².